The van der Waals surface area contributed by atoms with Crippen LogP contribution in [-0.4, -0.2) is 17.1 Å². The summed E-state index contributed by atoms with van der Waals surface area (Å²) in [5, 5.41) is 12.8. The molecule has 35 heavy (non-hydrogen) atoms. The molecule has 0 bridgehead atoms. The minimum absolute atomic E-state index is 0.0530. The molecule has 1 fully saturated rings. The molecule has 4 rings (SSSR count). The third kappa shape index (κ3) is 5.64. The first-order valence-corrected chi connectivity index (χ1v) is 12.5. The molecule has 5 nitrogen and oxygen atoms in total. The van der Waals surface area contributed by atoms with Gasteiger partial charge >= 0.3 is 0 Å². The number of rotatable bonds is 7. The Morgan fingerprint density at radius 2 is 1.57 bits per heavy atom. The smallest absolute Gasteiger partial charge is 0.264 e. The Hall–Kier alpha value is -3.82. The zero-order valence-electron chi connectivity index (χ0n) is 19.8. The molecular weight excluding hydrogens is 454 g/mol. The highest BCUT2D eigenvalue weighted by Crippen LogP contribution is 2.42. The van der Waals surface area contributed by atoms with Gasteiger partial charge in [-0.3, -0.25) is 14.5 Å². The first-order chi connectivity index (χ1) is 17.0. The van der Waals surface area contributed by atoms with E-state index in [9.17, 15) is 14.9 Å². The Morgan fingerprint density at radius 1 is 0.971 bits per heavy atom. The van der Waals surface area contributed by atoms with Crippen molar-refractivity contribution in [3.05, 3.63) is 112 Å². The summed E-state index contributed by atoms with van der Waals surface area (Å²) in [7, 11) is 0. The van der Waals surface area contributed by atoms with Crippen molar-refractivity contribution >= 4 is 29.3 Å². The summed E-state index contributed by atoms with van der Waals surface area (Å²) < 4.78 is 0. The van der Waals surface area contributed by atoms with E-state index >= 15 is 0 Å². The predicted octanol–water partition coefficient (Wildman–Crippen LogP) is 5.55. The lowest BCUT2D eigenvalue weighted by atomic mass is 10.0. The SMILES string of the molecule is CC(C)c1ccc(N2C(=O)C(Cc3ccccc3)S/C2=C(/C#N)C(=O)NCc2ccccc2)cc1. The number of anilines is 1. The molecule has 1 heterocycles. The van der Waals surface area contributed by atoms with Gasteiger partial charge in [0.2, 0.25) is 5.91 Å². The van der Waals surface area contributed by atoms with Gasteiger partial charge in [0.05, 0.1) is 5.25 Å². The number of nitrogens with one attached hydrogen (secondary N) is 1. The van der Waals surface area contributed by atoms with E-state index in [0.717, 1.165) is 16.7 Å². The second-order valence-corrected chi connectivity index (χ2v) is 9.87. The van der Waals surface area contributed by atoms with Gasteiger partial charge in [0.25, 0.3) is 5.91 Å². The number of nitriles is 1. The number of benzene rings is 3. The highest BCUT2D eigenvalue weighted by Gasteiger charge is 2.40. The number of carbonyl (C=O) groups is 2. The fourth-order valence-corrected chi connectivity index (χ4v) is 5.23. The lowest BCUT2D eigenvalue weighted by molar-refractivity contribution is -0.117. The van der Waals surface area contributed by atoms with E-state index in [4.69, 9.17) is 0 Å². The van der Waals surface area contributed by atoms with E-state index in [2.05, 4.69) is 25.2 Å². The van der Waals surface area contributed by atoms with Crippen molar-refractivity contribution < 1.29 is 9.59 Å². The summed E-state index contributed by atoms with van der Waals surface area (Å²) >= 11 is 1.28. The number of carbonyl (C=O) groups excluding carboxylic acids is 2. The van der Waals surface area contributed by atoms with Gasteiger partial charge in [-0.05, 0) is 41.2 Å². The van der Waals surface area contributed by atoms with Crippen molar-refractivity contribution in [2.45, 2.75) is 38.0 Å². The molecule has 3 aromatic carbocycles. The molecule has 1 aliphatic rings. The fourth-order valence-electron chi connectivity index (χ4n) is 3.92. The molecule has 3 aromatic rings. The average Bonchev–Trinajstić information content (AvgIpc) is 3.19. The van der Waals surface area contributed by atoms with Crippen molar-refractivity contribution in [2.75, 3.05) is 4.90 Å². The van der Waals surface area contributed by atoms with Crippen LogP contribution in [0.4, 0.5) is 5.69 Å². The van der Waals surface area contributed by atoms with Gasteiger partial charge < -0.3 is 5.32 Å². The minimum atomic E-state index is -0.490. The van der Waals surface area contributed by atoms with E-state index < -0.39 is 11.2 Å². The predicted molar refractivity (Wildman–Crippen MR) is 140 cm³/mol. The maximum Gasteiger partial charge on any atom is 0.264 e. The summed E-state index contributed by atoms with van der Waals surface area (Å²) in [6.45, 7) is 4.52. The molecule has 0 radical (unpaired) electrons. The number of nitrogens with zero attached hydrogens (tertiary/aromatic N) is 2. The monoisotopic (exact) mass is 481 g/mol. The van der Waals surface area contributed by atoms with Crippen LogP contribution in [0.1, 0.15) is 36.5 Å². The number of hydrogen-bond acceptors (Lipinski definition) is 4. The van der Waals surface area contributed by atoms with Crippen molar-refractivity contribution in [1.29, 1.82) is 5.26 Å². The Bertz CT molecular complexity index is 1260. The summed E-state index contributed by atoms with van der Waals surface area (Å²) in [5.41, 5.74) is 3.72. The van der Waals surface area contributed by atoms with Crippen molar-refractivity contribution in [3.63, 3.8) is 0 Å². The van der Waals surface area contributed by atoms with Gasteiger partial charge in [-0.15, -0.1) is 0 Å². The quantitative estimate of drug-likeness (QED) is 0.355. The van der Waals surface area contributed by atoms with Gasteiger partial charge in [0.15, 0.2) is 0 Å². The Labute approximate surface area is 210 Å². The van der Waals surface area contributed by atoms with Crippen molar-refractivity contribution in [2.24, 2.45) is 0 Å². The minimum Gasteiger partial charge on any atom is -0.347 e. The zero-order valence-corrected chi connectivity index (χ0v) is 20.6. The first kappa shape index (κ1) is 24.3. The van der Waals surface area contributed by atoms with Crippen LogP contribution >= 0.6 is 11.8 Å². The molecule has 0 saturated carbocycles. The summed E-state index contributed by atoms with van der Waals surface area (Å²) in [4.78, 5) is 28.2. The largest absolute Gasteiger partial charge is 0.347 e. The molecule has 1 atom stereocenters. The van der Waals surface area contributed by atoms with Gasteiger partial charge in [0.1, 0.15) is 16.7 Å². The molecule has 1 aliphatic heterocycles. The van der Waals surface area contributed by atoms with Crippen LogP contribution in [-0.2, 0) is 22.6 Å². The number of thioether (sulfide) groups is 1. The zero-order chi connectivity index (χ0) is 24.8. The normalized spacial score (nSPS) is 16.8. The van der Waals surface area contributed by atoms with Crippen LogP contribution in [0.15, 0.2) is 95.5 Å². The second-order valence-electron chi connectivity index (χ2n) is 8.68. The van der Waals surface area contributed by atoms with Crippen LogP contribution in [0.5, 0.6) is 0 Å². The summed E-state index contributed by atoms with van der Waals surface area (Å²) in [6, 6.07) is 29.1. The molecule has 2 amide bonds. The first-order valence-electron chi connectivity index (χ1n) is 11.6. The summed E-state index contributed by atoms with van der Waals surface area (Å²) in [6.07, 6.45) is 0.513. The van der Waals surface area contributed by atoms with Crippen molar-refractivity contribution in [3.8, 4) is 6.07 Å². The topological polar surface area (TPSA) is 73.2 Å². The molecule has 1 N–H and O–H groups in total. The molecule has 1 unspecified atom stereocenters. The van der Waals surface area contributed by atoms with E-state index in [0.29, 0.717) is 29.6 Å². The van der Waals surface area contributed by atoms with E-state index in [1.165, 1.54) is 16.7 Å². The Balaban J connectivity index is 1.68. The molecule has 0 aromatic heterocycles. The van der Waals surface area contributed by atoms with Gasteiger partial charge in [-0.25, -0.2) is 0 Å². The molecule has 6 heteroatoms. The maximum absolute atomic E-state index is 13.6. The Kier molecular flexibility index (Phi) is 7.69. The molecule has 176 valence electrons. The van der Waals surface area contributed by atoms with Gasteiger partial charge in [0, 0.05) is 12.2 Å². The lowest BCUT2D eigenvalue weighted by Gasteiger charge is -2.19. The second kappa shape index (κ2) is 11.1. The molecule has 1 saturated heterocycles. The maximum atomic E-state index is 13.6. The lowest BCUT2D eigenvalue weighted by Crippen LogP contribution is -2.32. The molecule has 0 spiro atoms. The number of hydrogen-bond donors (Lipinski definition) is 1. The Morgan fingerprint density at radius 3 is 2.14 bits per heavy atom. The molecule has 0 aliphatic carbocycles. The van der Waals surface area contributed by atoms with Crippen LogP contribution in [0.3, 0.4) is 0 Å². The van der Waals surface area contributed by atoms with E-state index in [-0.39, 0.29) is 11.5 Å². The van der Waals surface area contributed by atoms with Crippen LogP contribution in [0.2, 0.25) is 0 Å². The van der Waals surface area contributed by atoms with Crippen LogP contribution in [0.25, 0.3) is 0 Å². The third-order valence-corrected chi connectivity index (χ3v) is 7.15. The van der Waals surface area contributed by atoms with Crippen molar-refractivity contribution in [1.82, 2.24) is 5.32 Å². The third-order valence-electron chi connectivity index (χ3n) is 5.88. The van der Waals surface area contributed by atoms with Gasteiger partial charge in [-0.2, -0.15) is 5.26 Å². The average molecular weight is 482 g/mol. The van der Waals surface area contributed by atoms with Gasteiger partial charge in [-0.1, -0.05) is 98.4 Å². The molecular formula is C29H27N3O2S. The van der Waals surface area contributed by atoms with Crippen LogP contribution in [0, 0.1) is 11.3 Å². The van der Waals surface area contributed by atoms with E-state index in [1.807, 2.05) is 84.9 Å². The van der Waals surface area contributed by atoms with E-state index in [1.54, 1.807) is 0 Å². The highest BCUT2D eigenvalue weighted by molar-refractivity contribution is 8.05. The number of amides is 2. The summed E-state index contributed by atoms with van der Waals surface area (Å²) in [5.74, 6) is -0.266. The fraction of sp³-hybridized carbons (Fsp3) is 0.207. The highest BCUT2D eigenvalue weighted by atomic mass is 32.2. The standard InChI is InChI=1S/C29H27N3O2S/c1-20(2)23-13-15-24(16-14-23)32-28(34)26(17-21-9-5-3-6-10-21)35-29(32)25(18-30)27(33)31-19-22-11-7-4-8-12-22/h3-16,20,26H,17,19H2,1-2H3,(H,31,33)/b29-25-. The van der Waals surface area contributed by atoms with Crippen LogP contribution < -0.4 is 10.2 Å².